The maximum Gasteiger partial charge on any atom is 0.271 e. The van der Waals surface area contributed by atoms with Gasteiger partial charge in [-0.15, -0.1) is 10.2 Å². The third kappa shape index (κ3) is 4.99. The highest BCUT2D eigenvalue weighted by molar-refractivity contribution is 5.92. The van der Waals surface area contributed by atoms with Gasteiger partial charge in [-0.2, -0.15) is 0 Å². The Kier molecular flexibility index (Phi) is 5.96. The van der Waals surface area contributed by atoms with Gasteiger partial charge in [0.25, 0.3) is 5.91 Å². The zero-order chi connectivity index (χ0) is 15.1. The van der Waals surface area contributed by atoms with E-state index in [1.54, 1.807) is 12.1 Å². The summed E-state index contributed by atoms with van der Waals surface area (Å²) in [5, 5.41) is 13.9. The Balaban J connectivity index is 1.73. The lowest BCUT2D eigenvalue weighted by molar-refractivity contribution is 0.0943. The van der Waals surface area contributed by atoms with Crippen LogP contribution in [0.25, 0.3) is 0 Å². The highest BCUT2D eigenvalue weighted by Crippen LogP contribution is 2.30. The molecule has 21 heavy (non-hydrogen) atoms. The number of anilines is 1. The molecule has 1 aromatic heterocycles. The summed E-state index contributed by atoms with van der Waals surface area (Å²) in [5.41, 5.74) is 0.383. The molecule has 1 aliphatic rings. The van der Waals surface area contributed by atoms with Gasteiger partial charge < -0.3 is 10.6 Å². The van der Waals surface area contributed by atoms with E-state index in [1.807, 2.05) is 6.92 Å². The second kappa shape index (κ2) is 7.96. The summed E-state index contributed by atoms with van der Waals surface area (Å²) < 4.78 is 0. The lowest BCUT2D eigenvalue weighted by Crippen LogP contribution is -2.28. The van der Waals surface area contributed by atoms with Gasteiger partial charge in [0.05, 0.1) is 0 Å². The SMILES string of the molecule is CCNc1ccc(C(=O)NCCC2CCCC(C)C2)nn1. The molecule has 5 nitrogen and oxygen atoms in total. The summed E-state index contributed by atoms with van der Waals surface area (Å²) >= 11 is 0. The first-order valence-corrected chi connectivity index (χ1v) is 8.04. The fourth-order valence-electron chi connectivity index (χ4n) is 3.03. The molecule has 1 saturated carbocycles. The summed E-state index contributed by atoms with van der Waals surface area (Å²) in [5.74, 6) is 2.17. The third-order valence-corrected chi connectivity index (χ3v) is 4.14. The molecule has 0 aromatic carbocycles. The Morgan fingerprint density at radius 3 is 2.86 bits per heavy atom. The largest absolute Gasteiger partial charge is 0.369 e. The highest BCUT2D eigenvalue weighted by Gasteiger charge is 2.18. The van der Waals surface area contributed by atoms with Crippen LogP contribution in [0.15, 0.2) is 12.1 Å². The van der Waals surface area contributed by atoms with E-state index in [0.717, 1.165) is 31.3 Å². The van der Waals surface area contributed by atoms with Crippen LogP contribution < -0.4 is 10.6 Å². The van der Waals surface area contributed by atoms with Crippen molar-refractivity contribution in [1.29, 1.82) is 0 Å². The van der Waals surface area contributed by atoms with Gasteiger partial charge in [0.15, 0.2) is 5.69 Å². The van der Waals surface area contributed by atoms with E-state index < -0.39 is 0 Å². The van der Waals surface area contributed by atoms with Crippen molar-refractivity contribution in [3.63, 3.8) is 0 Å². The maximum absolute atomic E-state index is 12.0. The van der Waals surface area contributed by atoms with Crippen LogP contribution >= 0.6 is 0 Å². The van der Waals surface area contributed by atoms with E-state index in [9.17, 15) is 4.79 Å². The fourth-order valence-corrected chi connectivity index (χ4v) is 3.03. The van der Waals surface area contributed by atoms with Crippen molar-refractivity contribution in [2.45, 2.75) is 46.0 Å². The van der Waals surface area contributed by atoms with Crippen molar-refractivity contribution in [2.75, 3.05) is 18.4 Å². The lowest BCUT2D eigenvalue weighted by atomic mass is 9.81. The topological polar surface area (TPSA) is 66.9 Å². The average molecular weight is 290 g/mol. The Bertz CT molecular complexity index is 446. The minimum Gasteiger partial charge on any atom is -0.369 e. The van der Waals surface area contributed by atoms with Crippen molar-refractivity contribution in [3.8, 4) is 0 Å². The number of carbonyl (C=O) groups is 1. The molecule has 2 atom stereocenters. The number of rotatable bonds is 6. The zero-order valence-electron chi connectivity index (χ0n) is 13.1. The van der Waals surface area contributed by atoms with E-state index in [4.69, 9.17) is 0 Å². The first-order chi connectivity index (χ1) is 10.2. The minimum atomic E-state index is -0.130. The third-order valence-electron chi connectivity index (χ3n) is 4.14. The van der Waals surface area contributed by atoms with Gasteiger partial charge in [-0.05, 0) is 43.7 Å². The molecular weight excluding hydrogens is 264 g/mol. The van der Waals surface area contributed by atoms with Gasteiger partial charge in [0.2, 0.25) is 0 Å². The van der Waals surface area contributed by atoms with E-state index >= 15 is 0 Å². The minimum absolute atomic E-state index is 0.130. The Morgan fingerprint density at radius 2 is 2.19 bits per heavy atom. The molecule has 1 fully saturated rings. The molecule has 1 aromatic rings. The predicted octanol–water partition coefficient (Wildman–Crippen LogP) is 2.85. The number of amides is 1. The first kappa shape index (κ1) is 15.7. The summed E-state index contributed by atoms with van der Waals surface area (Å²) in [6, 6.07) is 3.50. The average Bonchev–Trinajstić information content (AvgIpc) is 2.48. The van der Waals surface area contributed by atoms with Gasteiger partial charge in [-0.1, -0.05) is 26.2 Å². The number of nitrogens with zero attached hydrogens (tertiary/aromatic N) is 2. The van der Waals surface area contributed by atoms with Gasteiger partial charge in [-0.25, -0.2) is 0 Å². The lowest BCUT2D eigenvalue weighted by Gasteiger charge is -2.26. The molecule has 0 saturated heterocycles. The van der Waals surface area contributed by atoms with Crippen LogP contribution in [0.5, 0.6) is 0 Å². The highest BCUT2D eigenvalue weighted by atomic mass is 16.1. The van der Waals surface area contributed by atoms with Crippen LogP contribution in [0.1, 0.15) is 56.4 Å². The van der Waals surface area contributed by atoms with Crippen molar-refractivity contribution in [3.05, 3.63) is 17.8 Å². The number of nitrogens with one attached hydrogen (secondary N) is 2. The van der Waals surface area contributed by atoms with Gasteiger partial charge in [0, 0.05) is 13.1 Å². The van der Waals surface area contributed by atoms with E-state index in [1.165, 1.54) is 25.7 Å². The maximum atomic E-state index is 12.0. The quantitative estimate of drug-likeness (QED) is 0.845. The van der Waals surface area contributed by atoms with Crippen LogP contribution in [-0.2, 0) is 0 Å². The molecule has 0 aliphatic heterocycles. The molecule has 2 rings (SSSR count). The molecule has 1 aliphatic carbocycles. The Hall–Kier alpha value is -1.65. The number of hydrogen-bond acceptors (Lipinski definition) is 4. The van der Waals surface area contributed by atoms with Gasteiger partial charge in [-0.3, -0.25) is 4.79 Å². The van der Waals surface area contributed by atoms with E-state index in [-0.39, 0.29) is 5.91 Å². The van der Waals surface area contributed by atoms with Crippen LogP contribution in [0.3, 0.4) is 0 Å². The van der Waals surface area contributed by atoms with Crippen molar-refractivity contribution < 1.29 is 4.79 Å². The summed E-state index contributed by atoms with van der Waals surface area (Å²) in [6.45, 7) is 5.84. The molecule has 0 bridgehead atoms. The summed E-state index contributed by atoms with van der Waals surface area (Å²) in [6.07, 6.45) is 6.36. The monoisotopic (exact) mass is 290 g/mol. The fraction of sp³-hybridized carbons (Fsp3) is 0.688. The van der Waals surface area contributed by atoms with Crippen LogP contribution in [0.4, 0.5) is 5.82 Å². The smallest absolute Gasteiger partial charge is 0.271 e. The number of hydrogen-bond donors (Lipinski definition) is 2. The molecule has 2 unspecified atom stereocenters. The predicted molar refractivity (Wildman–Crippen MR) is 84.3 cm³/mol. The van der Waals surface area contributed by atoms with Crippen LogP contribution in [-0.4, -0.2) is 29.2 Å². The van der Waals surface area contributed by atoms with E-state index in [2.05, 4.69) is 27.8 Å². The Labute approximate surface area is 126 Å². The summed E-state index contributed by atoms with van der Waals surface area (Å²) in [4.78, 5) is 12.0. The number of aromatic nitrogens is 2. The second-order valence-electron chi connectivity index (χ2n) is 6.02. The van der Waals surface area contributed by atoms with Crippen LogP contribution in [0.2, 0.25) is 0 Å². The molecule has 1 amide bonds. The molecular formula is C16H26N4O. The Morgan fingerprint density at radius 1 is 1.33 bits per heavy atom. The van der Waals surface area contributed by atoms with Crippen LogP contribution in [0, 0.1) is 11.8 Å². The van der Waals surface area contributed by atoms with Crippen molar-refractivity contribution in [2.24, 2.45) is 11.8 Å². The van der Waals surface area contributed by atoms with Gasteiger partial charge in [0.1, 0.15) is 5.82 Å². The van der Waals surface area contributed by atoms with Crippen molar-refractivity contribution in [1.82, 2.24) is 15.5 Å². The molecule has 0 radical (unpaired) electrons. The molecule has 5 heteroatoms. The summed E-state index contributed by atoms with van der Waals surface area (Å²) in [7, 11) is 0. The standard InChI is InChI=1S/C16H26N4O/c1-3-17-15-8-7-14(19-20-15)16(21)18-10-9-13-6-4-5-12(2)11-13/h7-8,12-13H,3-6,9-11H2,1-2H3,(H,17,20)(H,18,21). The number of carbonyl (C=O) groups excluding carboxylic acids is 1. The van der Waals surface area contributed by atoms with Gasteiger partial charge >= 0.3 is 0 Å². The zero-order valence-corrected chi connectivity index (χ0v) is 13.1. The molecule has 2 N–H and O–H groups in total. The van der Waals surface area contributed by atoms with Crippen molar-refractivity contribution >= 4 is 11.7 Å². The molecule has 1 heterocycles. The molecule has 0 spiro atoms. The second-order valence-corrected chi connectivity index (χ2v) is 6.02. The molecule has 116 valence electrons. The van der Waals surface area contributed by atoms with E-state index in [0.29, 0.717) is 11.5 Å². The normalized spacial score (nSPS) is 21.8. The first-order valence-electron chi connectivity index (χ1n) is 8.04.